The van der Waals surface area contributed by atoms with Crippen molar-refractivity contribution in [2.24, 2.45) is 11.8 Å². The number of hydrogen-bond acceptors (Lipinski definition) is 4. The van der Waals surface area contributed by atoms with E-state index in [1.54, 1.807) is 18.2 Å². The Bertz CT molecular complexity index is 850. The summed E-state index contributed by atoms with van der Waals surface area (Å²) in [6, 6.07) is 5.13. The second kappa shape index (κ2) is 8.48. The number of rotatable bonds is 6. The number of benzene rings is 1. The lowest BCUT2D eigenvalue weighted by Gasteiger charge is -2.36. The van der Waals surface area contributed by atoms with Crippen molar-refractivity contribution in [3.8, 4) is 0 Å². The molecule has 1 amide bonds. The fraction of sp³-hybridized carbons (Fsp3) is 0.600. The summed E-state index contributed by atoms with van der Waals surface area (Å²) in [6.07, 6.45) is 1.50. The number of nitrogens with zero attached hydrogens (tertiary/aromatic N) is 2. The first-order valence-electron chi connectivity index (χ1n) is 9.62. The second-order valence-electron chi connectivity index (χ2n) is 8.01. The number of fused-ring (bicyclic) bond motifs is 1. The molecule has 0 bridgehead atoms. The van der Waals surface area contributed by atoms with E-state index in [-0.39, 0.29) is 24.9 Å². The van der Waals surface area contributed by atoms with Gasteiger partial charge >= 0.3 is 5.76 Å². The minimum absolute atomic E-state index is 0.0594. The summed E-state index contributed by atoms with van der Waals surface area (Å²) >= 11 is 5.92. The van der Waals surface area contributed by atoms with Crippen LogP contribution >= 0.6 is 11.6 Å². The Morgan fingerprint density at radius 3 is 2.74 bits per heavy atom. The Morgan fingerprint density at radius 1 is 1.33 bits per heavy atom. The van der Waals surface area contributed by atoms with E-state index in [1.807, 2.05) is 6.92 Å². The van der Waals surface area contributed by atoms with E-state index in [1.165, 1.54) is 11.0 Å². The lowest BCUT2D eigenvalue weighted by atomic mass is 9.92. The highest BCUT2D eigenvalue weighted by Gasteiger charge is 2.23. The van der Waals surface area contributed by atoms with Gasteiger partial charge in [-0.1, -0.05) is 25.4 Å². The van der Waals surface area contributed by atoms with Gasteiger partial charge in [-0.25, -0.2) is 4.79 Å². The van der Waals surface area contributed by atoms with Crippen LogP contribution in [-0.2, 0) is 11.3 Å². The van der Waals surface area contributed by atoms with Gasteiger partial charge < -0.3 is 14.6 Å². The summed E-state index contributed by atoms with van der Waals surface area (Å²) in [6.45, 7) is 9.91. The number of hydrogen-bond donors (Lipinski definition) is 1. The van der Waals surface area contributed by atoms with E-state index >= 15 is 0 Å². The van der Waals surface area contributed by atoms with E-state index in [0.29, 0.717) is 28.0 Å². The Morgan fingerprint density at radius 2 is 2.04 bits per heavy atom. The SMILES string of the molecule is CC1CC(C)CN(CC(C)NC(=O)CCn2c(=O)oc3cc(Cl)ccc32)C1. The van der Waals surface area contributed by atoms with Crippen LogP contribution in [0.15, 0.2) is 27.4 Å². The van der Waals surface area contributed by atoms with Crippen molar-refractivity contribution in [1.29, 1.82) is 0 Å². The van der Waals surface area contributed by atoms with Crippen molar-refractivity contribution < 1.29 is 9.21 Å². The predicted molar refractivity (Wildman–Crippen MR) is 107 cm³/mol. The quantitative estimate of drug-likeness (QED) is 0.818. The Labute approximate surface area is 164 Å². The molecule has 0 spiro atoms. The number of piperidine rings is 1. The fourth-order valence-corrected chi connectivity index (χ4v) is 4.35. The molecule has 1 aliphatic rings. The normalized spacial score (nSPS) is 22.1. The summed E-state index contributed by atoms with van der Waals surface area (Å²) in [4.78, 5) is 26.8. The summed E-state index contributed by atoms with van der Waals surface area (Å²) in [5.74, 6) is 0.873. The third-order valence-electron chi connectivity index (χ3n) is 5.08. The largest absolute Gasteiger partial charge is 0.419 e. The number of likely N-dealkylation sites (tertiary alicyclic amines) is 1. The molecule has 0 saturated carbocycles. The average molecular weight is 394 g/mol. The smallest absolute Gasteiger partial charge is 0.408 e. The van der Waals surface area contributed by atoms with Gasteiger partial charge in [0.1, 0.15) is 0 Å². The van der Waals surface area contributed by atoms with Gasteiger partial charge in [0.15, 0.2) is 5.58 Å². The fourth-order valence-electron chi connectivity index (χ4n) is 4.19. The zero-order valence-electron chi connectivity index (χ0n) is 16.2. The number of oxazole rings is 1. The Hall–Kier alpha value is -1.79. The molecule has 1 saturated heterocycles. The zero-order valence-corrected chi connectivity index (χ0v) is 17.0. The summed E-state index contributed by atoms with van der Waals surface area (Å²) in [7, 11) is 0. The minimum atomic E-state index is -0.468. The molecule has 3 unspecified atom stereocenters. The Kier molecular flexibility index (Phi) is 6.27. The molecule has 1 aromatic carbocycles. The van der Waals surface area contributed by atoms with E-state index in [4.69, 9.17) is 16.0 Å². The number of nitrogens with one attached hydrogen (secondary N) is 1. The summed E-state index contributed by atoms with van der Waals surface area (Å²) in [5, 5.41) is 3.56. The number of amides is 1. The molecule has 7 heteroatoms. The van der Waals surface area contributed by atoms with Gasteiger partial charge in [0.2, 0.25) is 5.91 Å². The molecule has 6 nitrogen and oxygen atoms in total. The highest BCUT2D eigenvalue weighted by molar-refractivity contribution is 6.31. The first-order chi connectivity index (χ1) is 12.8. The topological polar surface area (TPSA) is 67.5 Å². The number of carbonyl (C=O) groups excluding carboxylic acids is 1. The lowest BCUT2D eigenvalue weighted by Crippen LogP contribution is -2.47. The summed E-state index contributed by atoms with van der Waals surface area (Å²) in [5.41, 5.74) is 1.09. The van der Waals surface area contributed by atoms with Crippen molar-refractivity contribution in [2.75, 3.05) is 19.6 Å². The third kappa shape index (κ3) is 5.14. The van der Waals surface area contributed by atoms with Crippen molar-refractivity contribution in [2.45, 2.75) is 46.2 Å². The minimum Gasteiger partial charge on any atom is -0.408 e. The number of aromatic nitrogens is 1. The maximum Gasteiger partial charge on any atom is 0.419 e. The van der Waals surface area contributed by atoms with Crippen LogP contribution in [0, 0.1) is 11.8 Å². The zero-order chi connectivity index (χ0) is 19.6. The first kappa shape index (κ1) is 20.0. The summed E-state index contributed by atoms with van der Waals surface area (Å²) < 4.78 is 6.67. The van der Waals surface area contributed by atoms with Crippen molar-refractivity contribution >= 4 is 28.6 Å². The van der Waals surface area contributed by atoms with Crippen LogP contribution in [0.4, 0.5) is 0 Å². The first-order valence-corrected chi connectivity index (χ1v) is 10.00. The van der Waals surface area contributed by atoms with Gasteiger partial charge in [0.25, 0.3) is 0 Å². The number of carbonyl (C=O) groups is 1. The molecule has 2 heterocycles. The molecule has 1 fully saturated rings. The lowest BCUT2D eigenvalue weighted by molar-refractivity contribution is -0.122. The monoisotopic (exact) mass is 393 g/mol. The van der Waals surface area contributed by atoms with E-state index in [2.05, 4.69) is 24.1 Å². The molecular formula is C20H28ClN3O3. The van der Waals surface area contributed by atoms with Crippen molar-refractivity contribution in [1.82, 2.24) is 14.8 Å². The molecule has 1 N–H and O–H groups in total. The van der Waals surface area contributed by atoms with E-state index < -0.39 is 5.76 Å². The third-order valence-corrected chi connectivity index (χ3v) is 5.31. The maximum absolute atomic E-state index is 12.3. The number of aryl methyl sites for hydroxylation is 1. The van der Waals surface area contributed by atoms with Crippen LogP contribution in [0.1, 0.15) is 33.6 Å². The average Bonchev–Trinajstić information content (AvgIpc) is 2.85. The molecule has 148 valence electrons. The van der Waals surface area contributed by atoms with Crippen LogP contribution < -0.4 is 11.1 Å². The van der Waals surface area contributed by atoms with Gasteiger partial charge in [-0.15, -0.1) is 0 Å². The highest BCUT2D eigenvalue weighted by Crippen LogP contribution is 2.21. The molecule has 3 atom stereocenters. The molecule has 1 aromatic heterocycles. The van der Waals surface area contributed by atoms with Crippen LogP contribution in [0.2, 0.25) is 5.02 Å². The van der Waals surface area contributed by atoms with Crippen molar-refractivity contribution in [3.05, 3.63) is 33.8 Å². The molecule has 2 aromatic rings. The van der Waals surface area contributed by atoms with Gasteiger partial charge in [-0.3, -0.25) is 9.36 Å². The van der Waals surface area contributed by atoms with Gasteiger partial charge in [0, 0.05) is 49.7 Å². The molecule has 3 rings (SSSR count). The molecule has 1 aliphatic heterocycles. The standard InChI is InChI=1S/C20H28ClN3O3/c1-13-8-14(2)11-23(10-13)12-15(3)22-19(25)6-7-24-17-5-4-16(21)9-18(17)27-20(24)26/h4-5,9,13-15H,6-8,10-12H2,1-3H3,(H,22,25). The second-order valence-corrected chi connectivity index (χ2v) is 8.45. The van der Waals surface area contributed by atoms with Crippen LogP contribution in [0.25, 0.3) is 11.1 Å². The molecule has 0 aliphatic carbocycles. The van der Waals surface area contributed by atoms with Gasteiger partial charge in [-0.2, -0.15) is 0 Å². The molecule has 0 radical (unpaired) electrons. The van der Waals surface area contributed by atoms with Gasteiger partial charge in [0.05, 0.1) is 5.52 Å². The number of halogens is 1. The van der Waals surface area contributed by atoms with Crippen molar-refractivity contribution in [3.63, 3.8) is 0 Å². The maximum atomic E-state index is 12.3. The van der Waals surface area contributed by atoms with Gasteiger partial charge in [-0.05, 0) is 37.3 Å². The van der Waals surface area contributed by atoms with Crippen LogP contribution in [-0.4, -0.2) is 41.1 Å². The molecular weight excluding hydrogens is 366 g/mol. The van der Waals surface area contributed by atoms with E-state index in [0.717, 1.165) is 19.6 Å². The predicted octanol–water partition coefficient (Wildman–Crippen LogP) is 3.12. The molecule has 27 heavy (non-hydrogen) atoms. The Balaban J connectivity index is 1.52. The van der Waals surface area contributed by atoms with E-state index in [9.17, 15) is 9.59 Å². The highest BCUT2D eigenvalue weighted by atomic mass is 35.5. The van der Waals surface area contributed by atoms with Crippen LogP contribution in [0.3, 0.4) is 0 Å². The van der Waals surface area contributed by atoms with Crippen LogP contribution in [0.5, 0.6) is 0 Å².